The maximum Gasteiger partial charge on any atom is 0.294 e. The minimum atomic E-state index is -1.88. The van der Waals surface area contributed by atoms with Crippen molar-refractivity contribution in [2.75, 3.05) is 0 Å². The van der Waals surface area contributed by atoms with Crippen LogP contribution in [-0.4, -0.2) is 53.2 Å². The van der Waals surface area contributed by atoms with Gasteiger partial charge in [0.2, 0.25) is 0 Å². The van der Waals surface area contributed by atoms with Gasteiger partial charge in [-0.1, -0.05) is 78.6 Å². The van der Waals surface area contributed by atoms with Gasteiger partial charge in [0.05, 0.1) is 0 Å². The molecule has 0 aliphatic rings. The Bertz CT molecular complexity index is 370. The van der Waals surface area contributed by atoms with Crippen LogP contribution in [0.15, 0.2) is 0 Å². The molecule has 2 amide bonds. The molecule has 0 rings (SSSR count). The van der Waals surface area contributed by atoms with Crippen molar-refractivity contribution in [2.45, 2.75) is 78.6 Å². The third-order valence-corrected chi connectivity index (χ3v) is 17.5. The molecular weight excluding hydrogens is 341 g/mol. The van der Waals surface area contributed by atoms with Gasteiger partial charge in [-0.3, -0.25) is 9.59 Å². The molecule has 0 N–H and O–H groups in total. The van der Waals surface area contributed by atoms with Crippen LogP contribution >= 0.6 is 0 Å². The maximum absolute atomic E-state index is 13.1. The van der Waals surface area contributed by atoms with Crippen LogP contribution in [0, 0.1) is 0 Å². The number of carbonyl (C=O) groups excluding carboxylic acids is 2. The summed E-state index contributed by atoms with van der Waals surface area (Å²) in [5.41, 5.74) is 0. The summed E-state index contributed by atoms with van der Waals surface area (Å²) >= 11 is 0. The van der Waals surface area contributed by atoms with Gasteiger partial charge in [-0.15, -0.1) is 0 Å². The largest absolute Gasteiger partial charge is 0.388 e. The van der Waals surface area contributed by atoms with E-state index in [2.05, 4.69) is 78.6 Å². The lowest BCUT2D eigenvalue weighted by Gasteiger charge is -2.48. The topological polar surface area (TPSA) is 40.6 Å². The molecule has 0 aliphatic carbocycles. The summed E-state index contributed by atoms with van der Waals surface area (Å²) in [4.78, 5) is 26.2. The van der Waals surface area contributed by atoms with Crippen molar-refractivity contribution in [1.29, 1.82) is 0 Å². The molecular formula is C14H36N2O2Si4. The van der Waals surface area contributed by atoms with Gasteiger partial charge in [0.15, 0.2) is 0 Å². The molecule has 0 aromatic carbocycles. The normalized spacial score (nSPS) is 13.8. The van der Waals surface area contributed by atoms with Gasteiger partial charge in [0.25, 0.3) is 11.8 Å². The van der Waals surface area contributed by atoms with Crippen molar-refractivity contribution >= 4 is 44.8 Å². The molecule has 0 saturated carbocycles. The molecule has 0 spiro atoms. The van der Waals surface area contributed by atoms with Crippen molar-refractivity contribution in [3.8, 4) is 0 Å². The Labute approximate surface area is 141 Å². The fraction of sp³-hybridized carbons (Fsp3) is 0.857. The Morgan fingerprint density at radius 1 is 0.455 bits per heavy atom. The summed E-state index contributed by atoms with van der Waals surface area (Å²) in [5, 5.41) is 0. The van der Waals surface area contributed by atoms with Crippen molar-refractivity contribution < 1.29 is 9.59 Å². The highest BCUT2D eigenvalue weighted by atomic mass is 28.4. The van der Waals surface area contributed by atoms with E-state index in [9.17, 15) is 9.59 Å². The lowest BCUT2D eigenvalue weighted by atomic mass is 10.6. The Morgan fingerprint density at radius 3 is 0.682 bits per heavy atom. The Hall–Kier alpha value is -0.192. The van der Waals surface area contributed by atoms with E-state index in [-0.39, 0.29) is 11.8 Å². The third-order valence-electron chi connectivity index (χ3n) is 3.27. The second-order valence-electron chi connectivity index (χ2n) is 9.96. The zero-order chi connectivity index (χ0) is 18.3. The minimum absolute atomic E-state index is 0.247. The van der Waals surface area contributed by atoms with Crippen LogP contribution in [0.25, 0.3) is 0 Å². The maximum atomic E-state index is 13.1. The number of carbonyl (C=O) groups is 2. The van der Waals surface area contributed by atoms with Crippen LogP contribution in [0.1, 0.15) is 0 Å². The quantitative estimate of drug-likeness (QED) is 0.550. The van der Waals surface area contributed by atoms with Gasteiger partial charge in [0.1, 0.15) is 32.9 Å². The highest BCUT2D eigenvalue weighted by molar-refractivity contribution is 6.97. The number of amides is 2. The summed E-state index contributed by atoms with van der Waals surface area (Å²) in [6.07, 6.45) is 0. The summed E-state index contributed by atoms with van der Waals surface area (Å²) in [7, 11) is -7.53. The van der Waals surface area contributed by atoms with Gasteiger partial charge in [-0.2, -0.15) is 0 Å². The van der Waals surface area contributed by atoms with E-state index in [0.29, 0.717) is 0 Å². The van der Waals surface area contributed by atoms with Gasteiger partial charge >= 0.3 is 0 Å². The zero-order valence-corrected chi connectivity index (χ0v) is 20.7. The first-order valence-electron chi connectivity index (χ1n) is 8.00. The molecule has 0 saturated heterocycles. The highest BCUT2D eigenvalue weighted by Crippen LogP contribution is 2.25. The van der Waals surface area contributed by atoms with Crippen LogP contribution in [0.3, 0.4) is 0 Å². The summed E-state index contributed by atoms with van der Waals surface area (Å²) in [5.74, 6) is -0.494. The average molecular weight is 377 g/mol. The molecule has 0 aromatic rings. The fourth-order valence-corrected chi connectivity index (χ4v) is 22.3. The zero-order valence-electron chi connectivity index (χ0n) is 16.7. The Balaban J connectivity index is 5.91. The van der Waals surface area contributed by atoms with Gasteiger partial charge in [0, 0.05) is 0 Å². The fourth-order valence-electron chi connectivity index (χ4n) is 3.42. The SMILES string of the molecule is C[Si](C)(C)N(C(=O)C(=O)N([Si](C)(C)C)[Si](C)(C)C)[Si](C)(C)C. The van der Waals surface area contributed by atoms with E-state index in [4.69, 9.17) is 0 Å². The first-order valence-corrected chi connectivity index (χ1v) is 21.8. The summed E-state index contributed by atoms with van der Waals surface area (Å²) < 4.78 is 4.02. The van der Waals surface area contributed by atoms with E-state index in [1.807, 2.05) is 8.46 Å². The molecule has 22 heavy (non-hydrogen) atoms. The Kier molecular flexibility index (Phi) is 6.31. The smallest absolute Gasteiger partial charge is 0.294 e. The second kappa shape index (κ2) is 6.37. The van der Waals surface area contributed by atoms with Crippen LogP contribution < -0.4 is 0 Å². The number of hydrogen-bond donors (Lipinski definition) is 0. The number of rotatable bonds is 4. The first kappa shape index (κ1) is 21.8. The van der Waals surface area contributed by atoms with Crippen LogP contribution in [0.5, 0.6) is 0 Å². The average Bonchev–Trinajstić information content (AvgIpc) is 2.06. The van der Waals surface area contributed by atoms with Gasteiger partial charge in [-0.05, 0) is 0 Å². The third kappa shape index (κ3) is 5.46. The molecule has 0 radical (unpaired) electrons. The van der Waals surface area contributed by atoms with Crippen molar-refractivity contribution in [1.82, 2.24) is 8.46 Å². The Morgan fingerprint density at radius 2 is 0.591 bits per heavy atom. The van der Waals surface area contributed by atoms with E-state index in [0.717, 1.165) is 0 Å². The van der Waals surface area contributed by atoms with Gasteiger partial charge in [-0.25, -0.2) is 0 Å². The number of nitrogens with zero attached hydrogens (tertiary/aromatic N) is 2. The second-order valence-corrected chi connectivity index (χ2v) is 30.0. The first-order chi connectivity index (χ1) is 9.31. The molecule has 8 heteroatoms. The summed E-state index contributed by atoms with van der Waals surface area (Å²) in [6, 6.07) is 0. The molecule has 0 fully saturated rings. The van der Waals surface area contributed by atoms with Crippen molar-refractivity contribution in [2.24, 2.45) is 0 Å². The van der Waals surface area contributed by atoms with E-state index in [1.165, 1.54) is 0 Å². The molecule has 0 aliphatic heterocycles. The standard InChI is InChI=1S/C14H36N2O2Si4/c1-19(2,3)15(20(4,5)6)13(17)14(18)16(21(7,8)9)22(10,11)12/h1-12H3. The predicted octanol–water partition coefficient (Wildman–Crippen LogP) is 3.98. The molecule has 4 nitrogen and oxygen atoms in total. The van der Waals surface area contributed by atoms with Crippen LogP contribution in [0.2, 0.25) is 78.6 Å². The monoisotopic (exact) mass is 376 g/mol. The number of hydrogen-bond acceptors (Lipinski definition) is 2. The van der Waals surface area contributed by atoms with Crippen molar-refractivity contribution in [3.63, 3.8) is 0 Å². The lowest BCUT2D eigenvalue weighted by Crippen LogP contribution is -2.69. The molecule has 0 aromatic heterocycles. The summed E-state index contributed by atoms with van der Waals surface area (Å²) in [6.45, 7) is 25.9. The molecule has 0 bridgehead atoms. The lowest BCUT2D eigenvalue weighted by molar-refractivity contribution is -0.143. The highest BCUT2D eigenvalue weighted by Gasteiger charge is 2.46. The molecule has 130 valence electrons. The van der Waals surface area contributed by atoms with E-state index in [1.54, 1.807) is 0 Å². The van der Waals surface area contributed by atoms with Crippen LogP contribution in [0.4, 0.5) is 0 Å². The molecule has 0 atom stereocenters. The molecule has 0 heterocycles. The van der Waals surface area contributed by atoms with Gasteiger partial charge < -0.3 is 8.46 Å². The predicted molar refractivity (Wildman–Crippen MR) is 107 cm³/mol. The van der Waals surface area contributed by atoms with Crippen LogP contribution in [-0.2, 0) is 9.59 Å². The minimum Gasteiger partial charge on any atom is -0.388 e. The van der Waals surface area contributed by atoms with E-state index >= 15 is 0 Å². The molecule has 0 unspecified atom stereocenters. The van der Waals surface area contributed by atoms with Crippen molar-refractivity contribution in [3.05, 3.63) is 0 Å². The van der Waals surface area contributed by atoms with E-state index < -0.39 is 32.9 Å².